The second-order valence-electron chi connectivity index (χ2n) is 5.78. The van der Waals surface area contributed by atoms with E-state index in [0.717, 1.165) is 29.8 Å². The van der Waals surface area contributed by atoms with Crippen molar-refractivity contribution in [2.75, 3.05) is 19.3 Å². The Bertz CT molecular complexity index is 754. The summed E-state index contributed by atoms with van der Waals surface area (Å²) in [5.74, 6) is 0.313. The highest BCUT2D eigenvalue weighted by Gasteiger charge is 2.28. The summed E-state index contributed by atoms with van der Waals surface area (Å²) in [6.07, 6.45) is 10.1. The first kappa shape index (κ1) is 15.1. The van der Waals surface area contributed by atoms with Gasteiger partial charge in [-0.3, -0.25) is 14.6 Å². The summed E-state index contributed by atoms with van der Waals surface area (Å²) in [6.45, 7) is 1.18. The maximum absolute atomic E-state index is 11.5. The van der Waals surface area contributed by atoms with Crippen LogP contribution in [0.15, 0.2) is 24.8 Å². The maximum Gasteiger partial charge on any atom is 0.211 e. The third-order valence-electron chi connectivity index (χ3n) is 3.92. The monoisotopic (exact) mass is 321 g/mol. The summed E-state index contributed by atoms with van der Waals surface area (Å²) < 4.78 is 26.3. The van der Waals surface area contributed by atoms with Gasteiger partial charge in [-0.05, 0) is 18.8 Å². The first-order chi connectivity index (χ1) is 10.4. The van der Waals surface area contributed by atoms with Crippen LogP contribution < -0.4 is 0 Å². The van der Waals surface area contributed by atoms with Crippen LogP contribution in [0, 0.1) is 5.92 Å². The van der Waals surface area contributed by atoms with Gasteiger partial charge in [0.1, 0.15) is 0 Å². The first-order valence-corrected chi connectivity index (χ1v) is 9.02. The van der Waals surface area contributed by atoms with E-state index in [9.17, 15) is 8.42 Å². The molecule has 1 aliphatic rings. The van der Waals surface area contributed by atoms with Crippen molar-refractivity contribution >= 4 is 10.0 Å². The average molecular weight is 321 g/mol. The van der Waals surface area contributed by atoms with Gasteiger partial charge in [-0.2, -0.15) is 5.10 Å². The molecule has 1 fully saturated rings. The third kappa shape index (κ3) is 3.33. The molecule has 0 aromatic carbocycles. The van der Waals surface area contributed by atoms with Gasteiger partial charge in [0.25, 0.3) is 0 Å². The third-order valence-corrected chi connectivity index (χ3v) is 5.19. The Balaban J connectivity index is 1.65. The fourth-order valence-electron chi connectivity index (χ4n) is 2.72. The fraction of sp³-hybridized carbons (Fsp3) is 0.500. The summed E-state index contributed by atoms with van der Waals surface area (Å²) >= 11 is 0. The number of sulfonamides is 1. The van der Waals surface area contributed by atoms with Crippen LogP contribution in [0.4, 0.5) is 0 Å². The lowest BCUT2D eigenvalue weighted by atomic mass is 10.0. The van der Waals surface area contributed by atoms with Crippen LogP contribution in [0.5, 0.6) is 0 Å². The quantitative estimate of drug-likeness (QED) is 0.828. The van der Waals surface area contributed by atoms with E-state index >= 15 is 0 Å². The Kier molecular flexibility index (Phi) is 3.96. The number of hydrogen-bond donors (Lipinski definition) is 0. The topological polar surface area (TPSA) is 81.0 Å². The van der Waals surface area contributed by atoms with Crippen molar-refractivity contribution < 1.29 is 8.42 Å². The number of aryl methyl sites for hydroxylation is 1. The molecule has 0 radical (unpaired) electrons. The van der Waals surface area contributed by atoms with E-state index in [1.54, 1.807) is 23.3 Å². The SMILES string of the molecule is Cn1cc(-c2cnc(C[C@@H]3CCN(S(C)(=O)=O)C3)cn2)cn1. The van der Waals surface area contributed by atoms with E-state index in [1.807, 2.05) is 13.2 Å². The minimum absolute atomic E-state index is 0.313. The Morgan fingerprint density at radius 3 is 2.64 bits per heavy atom. The van der Waals surface area contributed by atoms with Crippen molar-refractivity contribution in [2.45, 2.75) is 12.8 Å². The maximum atomic E-state index is 11.5. The zero-order chi connectivity index (χ0) is 15.7. The molecule has 8 heteroatoms. The molecule has 2 aromatic heterocycles. The molecule has 7 nitrogen and oxygen atoms in total. The summed E-state index contributed by atoms with van der Waals surface area (Å²) in [4.78, 5) is 8.87. The number of rotatable bonds is 4. The molecule has 0 aliphatic carbocycles. The standard InChI is InChI=1S/C14H19N5O2S/c1-18-10-12(6-17-18)14-8-15-13(7-16-14)5-11-3-4-19(9-11)22(2,20)21/h6-8,10-11H,3-5,9H2,1-2H3/t11-/m0/s1. The van der Waals surface area contributed by atoms with Crippen molar-refractivity contribution in [3.05, 3.63) is 30.5 Å². The molecule has 0 unspecified atom stereocenters. The molecule has 1 aliphatic heterocycles. The fourth-order valence-corrected chi connectivity index (χ4v) is 3.64. The highest BCUT2D eigenvalue weighted by molar-refractivity contribution is 7.88. The van der Waals surface area contributed by atoms with Gasteiger partial charge in [0.15, 0.2) is 0 Å². The van der Waals surface area contributed by atoms with Crippen LogP contribution >= 0.6 is 0 Å². The van der Waals surface area contributed by atoms with E-state index in [-0.39, 0.29) is 0 Å². The van der Waals surface area contributed by atoms with Crippen LogP contribution in [0.25, 0.3) is 11.3 Å². The van der Waals surface area contributed by atoms with E-state index in [2.05, 4.69) is 15.1 Å². The number of nitrogens with zero attached hydrogens (tertiary/aromatic N) is 5. The van der Waals surface area contributed by atoms with Crippen molar-refractivity contribution in [1.29, 1.82) is 0 Å². The lowest BCUT2D eigenvalue weighted by Crippen LogP contribution is -2.27. The molecule has 0 amide bonds. The minimum Gasteiger partial charge on any atom is -0.275 e. The molecule has 2 aromatic rings. The van der Waals surface area contributed by atoms with Crippen molar-refractivity contribution in [3.8, 4) is 11.3 Å². The van der Waals surface area contributed by atoms with Crippen LogP contribution in [-0.2, 0) is 23.5 Å². The summed E-state index contributed by atoms with van der Waals surface area (Å²) in [6, 6.07) is 0. The van der Waals surface area contributed by atoms with Crippen molar-refractivity contribution in [3.63, 3.8) is 0 Å². The van der Waals surface area contributed by atoms with E-state index in [0.29, 0.717) is 19.0 Å². The molecular formula is C14H19N5O2S. The normalized spacial score (nSPS) is 19.6. The van der Waals surface area contributed by atoms with Crippen LogP contribution in [0.2, 0.25) is 0 Å². The van der Waals surface area contributed by atoms with Gasteiger partial charge in [0.05, 0.1) is 30.0 Å². The molecule has 1 saturated heterocycles. The Morgan fingerprint density at radius 1 is 1.27 bits per heavy atom. The average Bonchev–Trinajstić information content (AvgIpc) is 3.08. The Labute approximate surface area is 130 Å². The molecule has 3 heterocycles. The lowest BCUT2D eigenvalue weighted by Gasteiger charge is -2.13. The summed E-state index contributed by atoms with van der Waals surface area (Å²) in [5, 5.41) is 4.12. The van der Waals surface area contributed by atoms with Gasteiger partial charge in [0, 0.05) is 38.1 Å². The van der Waals surface area contributed by atoms with Gasteiger partial charge in [0.2, 0.25) is 10.0 Å². The Hall–Kier alpha value is -1.80. The van der Waals surface area contributed by atoms with Crippen molar-refractivity contribution in [2.24, 2.45) is 13.0 Å². The van der Waals surface area contributed by atoms with Crippen LogP contribution in [0.3, 0.4) is 0 Å². The minimum atomic E-state index is -3.08. The zero-order valence-corrected chi connectivity index (χ0v) is 13.5. The van der Waals surface area contributed by atoms with Crippen LogP contribution in [0.1, 0.15) is 12.1 Å². The van der Waals surface area contributed by atoms with Gasteiger partial charge in [-0.1, -0.05) is 0 Å². The molecule has 3 rings (SSSR count). The van der Waals surface area contributed by atoms with Gasteiger partial charge in [-0.25, -0.2) is 12.7 Å². The van der Waals surface area contributed by atoms with Gasteiger partial charge in [-0.15, -0.1) is 0 Å². The van der Waals surface area contributed by atoms with Gasteiger partial charge < -0.3 is 0 Å². The van der Waals surface area contributed by atoms with E-state index < -0.39 is 10.0 Å². The molecule has 0 saturated carbocycles. The van der Waals surface area contributed by atoms with E-state index in [4.69, 9.17) is 0 Å². The van der Waals surface area contributed by atoms with E-state index in [1.165, 1.54) is 10.6 Å². The van der Waals surface area contributed by atoms with Crippen molar-refractivity contribution in [1.82, 2.24) is 24.1 Å². The zero-order valence-electron chi connectivity index (χ0n) is 12.7. The Morgan fingerprint density at radius 2 is 2.09 bits per heavy atom. The second-order valence-corrected chi connectivity index (χ2v) is 7.76. The second kappa shape index (κ2) is 5.77. The summed E-state index contributed by atoms with van der Waals surface area (Å²) in [7, 11) is -1.22. The highest BCUT2D eigenvalue weighted by atomic mass is 32.2. The lowest BCUT2D eigenvalue weighted by molar-refractivity contribution is 0.459. The molecule has 1 atom stereocenters. The smallest absolute Gasteiger partial charge is 0.211 e. The molecule has 0 N–H and O–H groups in total. The van der Waals surface area contributed by atoms with Gasteiger partial charge >= 0.3 is 0 Å². The molecule has 0 bridgehead atoms. The highest BCUT2D eigenvalue weighted by Crippen LogP contribution is 2.22. The molecule has 0 spiro atoms. The molecule has 22 heavy (non-hydrogen) atoms. The molecule has 118 valence electrons. The summed E-state index contributed by atoms with van der Waals surface area (Å²) in [5.41, 5.74) is 2.62. The molecular weight excluding hydrogens is 302 g/mol. The van der Waals surface area contributed by atoms with Crippen LogP contribution in [-0.4, -0.2) is 51.8 Å². The first-order valence-electron chi connectivity index (χ1n) is 7.17. The predicted molar refractivity (Wildman–Crippen MR) is 82.5 cm³/mol. The number of hydrogen-bond acceptors (Lipinski definition) is 5. The number of aromatic nitrogens is 4. The largest absolute Gasteiger partial charge is 0.275 e. The predicted octanol–water partition coefficient (Wildman–Crippen LogP) is 0.701.